The lowest BCUT2D eigenvalue weighted by atomic mass is 10.2. The van der Waals surface area contributed by atoms with E-state index in [4.69, 9.17) is 4.74 Å². The van der Waals surface area contributed by atoms with E-state index in [1.807, 2.05) is 6.07 Å². The molecular weight excluding hydrogens is 156 g/mol. The third kappa shape index (κ3) is 3.44. The van der Waals surface area contributed by atoms with Gasteiger partial charge in [-0.1, -0.05) is 30.3 Å². The summed E-state index contributed by atoms with van der Waals surface area (Å²) in [6, 6.07) is 10.4. The van der Waals surface area contributed by atoms with Crippen molar-refractivity contribution in [3.8, 4) is 0 Å². The Labute approximate surface area is 71.8 Å². The van der Waals surface area contributed by atoms with E-state index >= 15 is 0 Å². The van der Waals surface area contributed by atoms with Crippen LogP contribution >= 0.6 is 11.8 Å². The van der Waals surface area contributed by atoms with Crippen LogP contribution in [0.5, 0.6) is 0 Å². The molecule has 0 saturated heterocycles. The number of ether oxygens (including phenoxy) is 1. The standard InChI is InChI=1S/C9H12OS/c1-10-8-11-7-9-5-3-2-4-6-9/h2-6H,7-8H2,1H3. The SMILES string of the molecule is COCSCc1ccccc1. The van der Waals surface area contributed by atoms with Gasteiger partial charge in [0.2, 0.25) is 0 Å². The van der Waals surface area contributed by atoms with Crippen molar-refractivity contribution in [3.63, 3.8) is 0 Å². The number of hydrogen-bond donors (Lipinski definition) is 0. The summed E-state index contributed by atoms with van der Waals surface area (Å²) in [6.07, 6.45) is 0. The van der Waals surface area contributed by atoms with Gasteiger partial charge in [-0.3, -0.25) is 0 Å². The molecule has 0 fully saturated rings. The van der Waals surface area contributed by atoms with Gasteiger partial charge in [-0.15, -0.1) is 11.8 Å². The molecule has 0 N–H and O–H groups in total. The molecule has 0 atom stereocenters. The molecule has 0 heterocycles. The number of hydrogen-bond acceptors (Lipinski definition) is 2. The van der Waals surface area contributed by atoms with Crippen LogP contribution in [0.4, 0.5) is 0 Å². The van der Waals surface area contributed by atoms with Crippen LogP contribution in [0.3, 0.4) is 0 Å². The highest BCUT2D eigenvalue weighted by molar-refractivity contribution is 7.98. The quantitative estimate of drug-likeness (QED) is 0.504. The van der Waals surface area contributed by atoms with Gasteiger partial charge in [-0.2, -0.15) is 0 Å². The largest absolute Gasteiger partial charge is 0.374 e. The van der Waals surface area contributed by atoms with Crippen LogP contribution in [-0.2, 0) is 10.5 Å². The molecule has 0 radical (unpaired) electrons. The summed E-state index contributed by atoms with van der Waals surface area (Å²) in [6.45, 7) is 0. The monoisotopic (exact) mass is 168 g/mol. The van der Waals surface area contributed by atoms with Crippen molar-refractivity contribution < 1.29 is 4.74 Å². The molecule has 2 heteroatoms. The minimum atomic E-state index is 0.773. The number of thioether (sulfide) groups is 1. The molecule has 0 aliphatic carbocycles. The first-order valence-electron chi connectivity index (χ1n) is 3.54. The topological polar surface area (TPSA) is 9.23 Å². The van der Waals surface area contributed by atoms with Crippen molar-refractivity contribution in [3.05, 3.63) is 35.9 Å². The first-order chi connectivity index (χ1) is 5.43. The van der Waals surface area contributed by atoms with E-state index in [1.165, 1.54) is 5.56 Å². The predicted molar refractivity (Wildman–Crippen MR) is 49.6 cm³/mol. The number of benzene rings is 1. The van der Waals surface area contributed by atoms with E-state index < -0.39 is 0 Å². The van der Waals surface area contributed by atoms with E-state index in [1.54, 1.807) is 18.9 Å². The van der Waals surface area contributed by atoms with Crippen LogP contribution in [0, 0.1) is 0 Å². The zero-order valence-corrected chi connectivity index (χ0v) is 7.43. The van der Waals surface area contributed by atoms with Crippen LogP contribution in [0.2, 0.25) is 0 Å². The highest BCUT2D eigenvalue weighted by Crippen LogP contribution is 2.10. The molecular formula is C9H12OS. The van der Waals surface area contributed by atoms with Crippen LogP contribution in [0.25, 0.3) is 0 Å². The minimum Gasteiger partial charge on any atom is -0.374 e. The molecule has 0 aromatic heterocycles. The van der Waals surface area contributed by atoms with Crippen molar-refractivity contribution >= 4 is 11.8 Å². The molecule has 0 saturated carbocycles. The minimum absolute atomic E-state index is 0.773. The van der Waals surface area contributed by atoms with Crippen molar-refractivity contribution in [2.75, 3.05) is 13.0 Å². The highest BCUT2D eigenvalue weighted by Gasteiger charge is 1.89. The Kier molecular flexibility index (Phi) is 4.09. The Hall–Kier alpha value is -0.470. The fourth-order valence-electron chi connectivity index (χ4n) is 0.817. The summed E-state index contributed by atoms with van der Waals surface area (Å²) in [5.41, 5.74) is 1.36. The van der Waals surface area contributed by atoms with E-state index in [9.17, 15) is 0 Å². The Morgan fingerprint density at radius 1 is 1.27 bits per heavy atom. The average molecular weight is 168 g/mol. The summed E-state index contributed by atoms with van der Waals surface area (Å²) >= 11 is 1.78. The molecule has 1 aromatic carbocycles. The maximum absolute atomic E-state index is 4.93. The molecule has 0 aliphatic rings. The first-order valence-corrected chi connectivity index (χ1v) is 4.69. The fourth-order valence-corrected chi connectivity index (χ4v) is 1.50. The third-order valence-corrected chi connectivity index (χ3v) is 2.25. The summed E-state index contributed by atoms with van der Waals surface area (Å²) in [4.78, 5) is 0. The second kappa shape index (κ2) is 5.22. The van der Waals surface area contributed by atoms with E-state index in [0.29, 0.717) is 0 Å². The van der Waals surface area contributed by atoms with Gasteiger partial charge in [-0.25, -0.2) is 0 Å². The van der Waals surface area contributed by atoms with E-state index in [2.05, 4.69) is 24.3 Å². The lowest BCUT2D eigenvalue weighted by Crippen LogP contribution is -1.83. The number of methoxy groups -OCH3 is 1. The van der Waals surface area contributed by atoms with Crippen LogP contribution < -0.4 is 0 Å². The fraction of sp³-hybridized carbons (Fsp3) is 0.333. The van der Waals surface area contributed by atoms with E-state index in [0.717, 1.165) is 11.7 Å². The van der Waals surface area contributed by atoms with Crippen molar-refractivity contribution in [2.45, 2.75) is 5.75 Å². The van der Waals surface area contributed by atoms with Gasteiger partial charge in [0.1, 0.15) is 0 Å². The van der Waals surface area contributed by atoms with Gasteiger partial charge in [0.25, 0.3) is 0 Å². The van der Waals surface area contributed by atoms with Crippen molar-refractivity contribution in [1.82, 2.24) is 0 Å². The van der Waals surface area contributed by atoms with Gasteiger partial charge in [0, 0.05) is 12.9 Å². The van der Waals surface area contributed by atoms with Crippen molar-refractivity contribution in [1.29, 1.82) is 0 Å². The van der Waals surface area contributed by atoms with Gasteiger partial charge in [0.15, 0.2) is 0 Å². The normalized spacial score (nSPS) is 9.91. The van der Waals surface area contributed by atoms with Gasteiger partial charge < -0.3 is 4.74 Å². The molecule has 1 nitrogen and oxygen atoms in total. The molecule has 0 spiro atoms. The Morgan fingerprint density at radius 3 is 2.64 bits per heavy atom. The van der Waals surface area contributed by atoms with Gasteiger partial charge in [-0.05, 0) is 5.56 Å². The van der Waals surface area contributed by atoms with E-state index in [-0.39, 0.29) is 0 Å². The molecule has 0 unspecified atom stereocenters. The zero-order valence-electron chi connectivity index (χ0n) is 6.62. The summed E-state index contributed by atoms with van der Waals surface area (Å²) in [7, 11) is 1.72. The second-order valence-electron chi connectivity index (χ2n) is 2.24. The molecule has 60 valence electrons. The lowest BCUT2D eigenvalue weighted by Gasteiger charge is -1.98. The number of rotatable bonds is 4. The average Bonchev–Trinajstić information content (AvgIpc) is 2.07. The third-order valence-electron chi connectivity index (χ3n) is 1.31. The van der Waals surface area contributed by atoms with Crippen LogP contribution in [0.1, 0.15) is 5.56 Å². The Balaban J connectivity index is 2.28. The second-order valence-corrected chi connectivity index (χ2v) is 3.17. The highest BCUT2D eigenvalue weighted by atomic mass is 32.2. The van der Waals surface area contributed by atoms with Crippen LogP contribution in [0.15, 0.2) is 30.3 Å². The molecule has 0 bridgehead atoms. The maximum atomic E-state index is 4.93. The Morgan fingerprint density at radius 2 is 2.00 bits per heavy atom. The van der Waals surface area contributed by atoms with Gasteiger partial charge in [0.05, 0.1) is 5.94 Å². The molecule has 0 amide bonds. The maximum Gasteiger partial charge on any atom is 0.0920 e. The lowest BCUT2D eigenvalue weighted by molar-refractivity contribution is 0.259. The van der Waals surface area contributed by atoms with Gasteiger partial charge >= 0.3 is 0 Å². The summed E-state index contributed by atoms with van der Waals surface area (Å²) in [5, 5.41) is 0. The van der Waals surface area contributed by atoms with Crippen LogP contribution in [-0.4, -0.2) is 13.0 Å². The molecule has 1 rings (SSSR count). The Bertz CT molecular complexity index is 186. The molecule has 1 aromatic rings. The molecule has 11 heavy (non-hydrogen) atoms. The van der Waals surface area contributed by atoms with Crippen molar-refractivity contribution in [2.24, 2.45) is 0 Å². The smallest absolute Gasteiger partial charge is 0.0920 e. The summed E-state index contributed by atoms with van der Waals surface area (Å²) in [5.74, 6) is 1.81. The first kappa shape index (κ1) is 8.62. The summed E-state index contributed by atoms with van der Waals surface area (Å²) < 4.78 is 4.93. The zero-order chi connectivity index (χ0) is 7.94. The predicted octanol–water partition coefficient (Wildman–Crippen LogP) is 2.52. The molecule has 0 aliphatic heterocycles.